The molecule has 0 aliphatic rings. The fourth-order valence-electron chi connectivity index (χ4n) is 1.36. The van der Waals surface area contributed by atoms with Crippen LogP contribution in [0.15, 0.2) is 4.99 Å². The van der Waals surface area contributed by atoms with Gasteiger partial charge in [0.15, 0.2) is 0 Å². The van der Waals surface area contributed by atoms with E-state index >= 15 is 0 Å². The standard InChI is InChI=1S/C13H28N2/c1-6-7-8-9-10-11(2)15-12(14)13(3,4)5/h11H,6-10H2,1-5H3,(H2,14,15). The highest BCUT2D eigenvalue weighted by Gasteiger charge is 2.16. The topological polar surface area (TPSA) is 38.4 Å². The van der Waals surface area contributed by atoms with Crippen molar-refractivity contribution in [2.75, 3.05) is 0 Å². The maximum atomic E-state index is 5.93. The van der Waals surface area contributed by atoms with E-state index in [4.69, 9.17) is 5.73 Å². The highest BCUT2D eigenvalue weighted by atomic mass is 14.9. The lowest BCUT2D eigenvalue weighted by molar-refractivity contribution is 0.548. The summed E-state index contributed by atoms with van der Waals surface area (Å²) in [6, 6.07) is 0.376. The van der Waals surface area contributed by atoms with Gasteiger partial charge in [0, 0.05) is 11.5 Å². The average Bonchev–Trinajstić information content (AvgIpc) is 2.11. The third kappa shape index (κ3) is 7.40. The molecule has 1 atom stereocenters. The van der Waals surface area contributed by atoms with Crippen LogP contribution in [0, 0.1) is 5.41 Å². The number of hydrogen-bond acceptors (Lipinski definition) is 1. The molecule has 0 aromatic heterocycles. The number of unbranched alkanes of at least 4 members (excludes halogenated alkanes) is 3. The molecule has 0 spiro atoms. The van der Waals surface area contributed by atoms with Crippen molar-refractivity contribution < 1.29 is 0 Å². The first-order chi connectivity index (χ1) is 6.88. The Balaban J connectivity index is 3.86. The number of nitrogens with two attached hydrogens (primary N) is 1. The van der Waals surface area contributed by atoms with Crippen molar-refractivity contribution in [1.29, 1.82) is 0 Å². The van der Waals surface area contributed by atoms with Crippen LogP contribution in [-0.2, 0) is 0 Å². The van der Waals surface area contributed by atoms with Gasteiger partial charge in [-0.3, -0.25) is 4.99 Å². The van der Waals surface area contributed by atoms with Crippen LogP contribution < -0.4 is 5.73 Å². The van der Waals surface area contributed by atoms with Crippen molar-refractivity contribution in [2.45, 2.75) is 72.8 Å². The zero-order chi connectivity index (χ0) is 11.9. The first kappa shape index (κ1) is 14.5. The summed E-state index contributed by atoms with van der Waals surface area (Å²) in [4.78, 5) is 4.54. The number of amidine groups is 1. The van der Waals surface area contributed by atoms with E-state index in [1.54, 1.807) is 0 Å². The van der Waals surface area contributed by atoms with Gasteiger partial charge in [0.05, 0.1) is 5.84 Å². The Labute approximate surface area is 95.4 Å². The van der Waals surface area contributed by atoms with Crippen LogP contribution >= 0.6 is 0 Å². The van der Waals surface area contributed by atoms with Gasteiger partial charge in [0.2, 0.25) is 0 Å². The summed E-state index contributed by atoms with van der Waals surface area (Å²) in [5, 5.41) is 0. The molecular formula is C13H28N2. The summed E-state index contributed by atoms with van der Waals surface area (Å²) in [7, 11) is 0. The van der Waals surface area contributed by atoms with Gasteiger partial charge in [-0.1, -0.05) is 53.4 Å². The molecule has 0 amide bonds. The average molecular weight is 212 g/mol. The summed E-state index contributed by atoms with van der Waals surface area (Å²) in [5.74, 6) is 0.783. The van der Waals surface area contributed by atoms with Crippen molar-refractivity contribution in [3.05, 3.63) is 0 Å². The fraction of sp³-hybridized carbons (Fsp3) is 0.923. The molecule has 0 aromatic carbocycles. The van der Waals surface area contributed by atoms with Gasteiger partial charge in [0.1, 0.15) is 0 Å². The molecular weight excluding hydrogens is 184 g/mol. The Morgan fingerprint density at radius 2 is 1.80 bits per heavy atom. The van der Waals surface area contributed by atoms with E-state index in [-0.39, 0.29) is 5.41 Å². The molecule has 0 saturated carbocycles. The maximum Gasteiger partial charge on any atom is 0.0994 e. The molecule has 2 N–H and O–H groups in total. The van der Waals surface area contributed by atoms with Crippen LogP contribution in [0.3, 0.4) is 0 Å². The van der Waals surface area contributed by atoms with Gasteiger partial charge >= 0.3 is 0 Å². The molecule has 0 aliphatic carbocycles. The van der Waals surface area contributed by atoms with E-state index in [9.17, 15) is 0 Å². The third-order valence-corrected chi connectivity index (χ3v) is 2.60. The van der Waals surface area contributed by atoms with E-state index in [1.165, 1.54) is 25.7 Å². The lowest BCUT2D eigenvalue weighted by atomic mass is 9.95. The molecule has 0 radical (unpaired) electrons. The molecule has 2 heteroatoms. The molecule has 0 bridgehead atoms. The minimum atomic E-state index is 0.0116. The lowest BCUT2D eigenvalue weighted by Crippen LogP contribution is -2.30. The van der Waals surface area contributed by atoms with Gasteiger partial charge in [-0.2, -0.15) is 0 Å². The largest absolute Gasteiger partial charge is 0.387 e. The zero-order valence-electron chi connectivity index (χ0n) is 11.1. The minimum absolute atomic E-state index is 0.0116. The van der Waals surface area contributed by atoms with Gasteiger partial charge in [-0.15, -0.1) is 0 Å². The first-order valence-corrected chi connectivity index (χ1v) is 6.21. The van der Waals surface area contributed by atoms with Crippen molar-refractivity contribution in [3.63, 3.8) is 0 Å². The second-order valence-electron chi connectivity index (χ2n) is 5.46. The highest BCUT2D eigenvalue weighted by molar-refractivity contribution is 5.85. The smallest absolute Gasteiger partial charge is 0.0994 e. The predicted molar refractivity (Wildman–Crippen MR) is 69.3 cm³/mol. The Kier molecular flexibility index (Phi) is 6.62. The zero-order valence-corrected chi connectivity index (χ0v) is 11.1. The third-order valence-electron chi connectivity index (χ3n) is 2.60. The molecule has 0 rings (SSSR count). The van der Waals surface area contributed by atoms with Crippen LogP contribution in [0.25, 0.3) is 0 Å². The highest BCUT2D eigenvalue weighted by Crippen LogP contribution is 2.15. The Morgan fingerprint density at radius 3 is 2.27 bits per heavy atom. The van der Waals surface area contributed by atoms with Crippen molar-refractivity contribution in [1.82, 2.24) is 0 Å². The summed E-state index contributed by atoms with van der Waals surface area (Å²) >= 11 is 0. The minimum Gasteiger partial charge on any atom is -0.387 e. The number of nitrogens with zero attached hydrogens (tertiary/aromatic N) is 1. The van der Waals surface area contributed by atoms with Crippen LogP contribution in [0.4, 0.5) is 0 Å². The Bertz CT molecular complexity index is 189. The van der Waals surface area contributed by atoms with E-state index in [0.29, 0.717) is 6.04 Å². The molecule has 1 unspecified atom stereocenters. The maximum absolute atomic E-state index is 5.93. The van der Waals surface area contributed by atoms with Crippen LogP contribution in [0.1, 0.15) is 66.7 Å². The molecule has 0 heterocycles. The van der Waals surface area contributed by atoms with E-state index in [1.807, 2.05) is 0 Å². The molecule has 0 aliphatic heterocycles. The van der Waals surface area contributed by atoms with E-state index < -0.39 is 0 Å². The van der Waals surface area contributed by atoms with Gasteiger partial charge in [-0.25, -0.2) is 0 Å². The van der Waals surface area contributed by atoms with Crippen LogP contribution in [-0.4, -0.2) is 11.9 Å². The first-order valence-electron chi connectivity index (χ1n) is 6.21. The molecule has 0 aromatic rings. The number of rotatable bonds is 6. The van der Waals surface area contributed by atoms with Gasteiger partial charge in [0.25, 0.3) is 0 Å². The number of aliphatic imine (C=N–C) groups is 1. The molecule has 90 valence electrons. The summed E-state index contributed by atoms with van der Waals surface area (Å²) in [5.41, 5.74) is 5.94. The van der Waals surface area contributed by atoms with E-state index in [0.717, 1.165) is 12.3 Å². The fourth-order valence-corrected chi connectivity index (χ4v) is 1.36. The lowest BCUT2D eigenvalue weighted by Gasteiger charge is -2.19. The van der Waals surface area contributed by atoms with Crippen molar-refractivity contribution >= 4 is 5.84 Å². The molecule has 2 nitrogen and oxygen atoms in total. The van der Waals surface area contributed by atoms with E-state index in [2.05, 4.69) is 39.6 Å². The second-order valence-corrected chi connectivity index (χ2v) is 5.46. The number of hydrogen-bond donors (Lipinski definition) is 1. The summed E-state index contributed by atoms with van der Waals surface area (Å²) in [6.45, 7) is 10.7. The molecule has 0 saturated heterocycles. The summed E-state index contributed by atoms with van der Waals surface area (Å²) < 4.78 is 0. The molecule has 0 fully saturated rings. The molecule has 15 heavy (non-hydrogen) atoms. The summed E-state index contributed by atoms with van der Waals surface area (Å²) in [6.07, 6.45) is 6.39. The quantitative estimate of drug-likeness (QED) is 0.406. The van der Waals surface area contributed by atoms with Crippen LogP contribution in [0.5, 0.6) is 0 Å². The van der Waals surface area contributed by atoms with Gasteiger partial charge in [-0.05, 0) is 13.3 Å². The monoisotopic (exact) mass is 212 g/mol. The Hall–Kier alpha value is -0.530. The normalized spacial score (nSPS) is 15.4. The van der Waals surface area contributed by atoms with Crippen molar-refractivity contribution in [2.24, 2.45) is 16.1 Å². The predicted octanol–water partition coefficient (Wildman–Crippen LogP) is 3.75. The van der Waals surface area contributed by atoms with Crippen LogP contribution in [0.2, 0.25) is 0 Å². The Morgan fingerprint density at radius 1 is 1.20 bits per heavy atom. The SMILES string of the molecule is CCCCCCC(C)N=C(N)C(C)(C)C. The van der Waals surface area contributed by atoms with Gasteiger partial charge < -0.3 is 5.73 Å². The second kappa shape index (κ2) is 6.86. The van der Waals surface area contributed by atoms with Crippen molar-refractivity contribution in [3.8, 4) is 0 Å².